The monoisotopic (exact) mass is 374 g/mol. The minimum atomic E-state index is -0.708. The largest absolute Gasteiger partial charge is 0.479 e. The molecule has 2 aromatic carbocycles. The molecule has 0 radical (unpaired) electrons. The predicted molar refractivity (Wildman–Crippen MR) is 98.4 cm³/mol. The summed E-state index contributed by atoms with van der Waals surface area (Å²) in [6, 6.07) is 8.87. The number of nitrogens with zero attached hydrogens (tertiary/aromatic N) is 1. The smallest absolute Gasteiger partial charge is 0.268 e. The quantitative estimate of drug-likeness (QED) is 0.822. The van der Waals surface area contributed by atoms with Crippen molar-refractivity contribution < 1.29 is 18.7 Å². The molecule has 3 rings (SSSR count). The van der Waals surface area contributed by atoms with Crippen LogP contribution in [0.4, 0.5) is 15.8 Å². The third-order valence-corrected chi connectivity index (χ3v) is 4.24. The first-order valence-electron chi connectivity index (χ1n) is 7.90. The van der Waals surface area contributed by atoms with Crippen molar-refractivity contribution in [2.24, 2.45) is 0 Å². The molecule has 2 aromatic rings. The van der Waals surface area contributed by atoms with Gasteiger partial charge in [-0.2, -0.15) is 0 Å². The van der Waals surface area contributed by atoms with Crippen molar-refractivity contribution >= 4 is 34.8 Å². The minimum Gasteiger partial charge on any atom is -0.479 e. The van der Waals surface area contributed by atoms with Crippen LogP contribution in [0.5, 0.6) is 5.75 Å². The number of rotatable bonds is 4. The molecule has 1 heterocycles. The van der Waals surface area contributed by atoms with Crippen molar-refractivity contribution in [3.05, 3.63) is 65.5 Å². The van der Waals surface area contributed by atoms with E-state index in [0.717, 1.165) is 6.07 Å². The van der Waals surface area contributed by atoms with Gasteiger partial charge in [0.05, 0.1) is 16.3 Å². The summed E-state index contributed by atoms with van der Waals surface area (Å²) in [5.41, 5.74) is 0.743. The summed E-state index contributed by atoms with van der Waals surface area (Å²) in [5.74, 6) is -1.11. The average molecular weight is 375 g/mol. The van der Waals surface area contributed by atoms with Gasteiger partial charge < -0.3 is 15.0 Å². The molecule has 1 atom stereocenters. The maximum atomic E-state index is 13.9. The second-order valence-electron chi connectivity index (χ2n) is 5.73. The molecular formula is C19H16ClFN2O3. The van der Waals surface area contributed by atoms with Crippen LogP contribution in [0.15, 0.2) is 49.1 Å². The number of carbonyl (C=O) groups excluding carboxylic acids is 2. The molecule has 1 N–H and O–H groups in total. The van der Waals surface area contributed by atoms with Crippen molar-refractivity contribution in [2.45, 2.75) is 13.0 Å². The summed E-state index contributed by atoms with van der Waals surface area (Å²) >= 11 is 5.92. The molecule has 0 fully saturated rings. The maximum Gasteiger partial charge on any atom is 0.268 e. The fourth-order valence-corrected chi connectivity index (χ4v) is 2.96. The van der Waals surface area contributed by atoms with Gasteiger partial charge >= 0.3 is 0 Å². The van der Waals surface area contributed by atoms with E-state index in [1.54, 1.807) is 36.1 Å². The highest BCUT2D eigenvalue weighted by molar-refractivity contribution is 6.34. The fraction of sp³-hybridized carbons (Fsp3) is 0.158. The lowest BCUT2D eigenvalue weighted by Crippen LogP contribution is -2.44. The van der Waals surface area contributed by atoms with Gasteiger partial charge in [-0.1, -0.05) is 23.7 Å². The Morgan fingerprint density at radius 2 is 2.19 bits per heavy atom. The molecule has 1 aliphatic rings. The molecule has 0 aromatic heterocycles. The number of hydrogen-bond donors (Lipinski definition) is 1. The van der Waals surface area contributed by atoms with Gasteiger partial charge in [0.1, 0.15) is 11.6 Å². The van der Waals surface area contributed by atoms with E-state index in [1.165, 1.54) is 12.1 Å². The average Bonchev–Trinajstić information content (AvgIpc) is 2.58. The fourth-order valence-electron chi connectivity index (χ4n) is 2.71. The number of ether oxygens (including phenoxy) is 1. The van der Waals surface area contributed by atoms with Crippen molar-refractivity contribution in [2.75, 3.05) is 16.8 Å². The summed E-state index contributed by atoms with van der Waals surface area (Å²) in [6.07, 6.45) is 0.963. The third-order valence-electron chi connectivity index (χ3n) is 3.93. The Hall–Kier alpha value is -2.86. The van der Waals surface area contributed by atoms with Crippen LogP contribution in [0.2, 0.25) is 5.02 Å². The Balaban J connectivity index is 1.90. The second-order valence-corrected chi connectivity index (χ2v) is 6.14. The molecule has 1 aliphatic heterocycles. The molecule has 0 saturated heterocycles. The number of fused-ring (bicyclic) bond motifs is 1. The first-order chi connectivity index (χ1) is 12.4. The summed E-state index contributed by atoms with van der Waals surface area (Å²) < 4.78 is 19.5. The van der Waals surface area contributed by atoms with Crippen molar-refractivity contribution in [1.29, 1.82) is 0 Å². The maximum absolute atomic E-state index is 13.9. The van der Waals surface area contributed by atoms with Crippen LogP contribution in [-0.2, 0) is 4.79 Å². The number of amides is 2. The van der Waals surface area contributed by atoms with E-state index in [0.29, 0.717) is 23.7 Å². The number of nitrogens with one attached hydrogen (secondary N) is 1. The topological polar surface area (TPSA) is 58.6 Å². The van der Waals surface area contributed by atoms with Crippen LogP contribution in [0.3, 0.4) is 0 Å². The van der Waals surface area contributed by atoms with Crippen LogP contribution in [0, 0.1) is 5.82 Å². The van der Waals surface area contributed by atoms with Crippen LogP contribution < -0.4 is 15.0 Å². The minimum absolute atomic E-state index is 0.0214. The number of hydrogen-bond acceptors (Lipinski definition) is 3. The normalized spacial score (nSPS) is 15.9. The summed E-state index contributed by atoms with van der Waals surface area (Å²) in [4.78, 5) is 26.1. The summed E-state index contributed by atoms with van der Waals surface area (Å²) in [7, 11) is 0. The van der Waals surface area contributed by atoms with E-state index < -0.39 is 17.8 Å². The molecule has 134 valence electrons. The third kappa shape index (κ3) is 3.28. The lowest BCUT2D eigenvalue weighted by atomic mass is 10.1. The van der Waals surface area contributed by atoms with E-state index in [4.69, 9.17) is 16.3 Å². The van der Waals surface area contributed by atoms with Crippen LogP contribution in [0.25, 0.3) is 0 Å². The van der Waals surface area contributed by atoms with E-state index in [2.05, 4.69) is 11.9 Å². The Labute approximate surface area is 155 Å². The van der Waals surface area contributed by atoms with Gasteiger partial charge in [-0.05, 0) is 31.2 Å². The first-order valence-corrected chi connectivity index (χ1v) is 8.28. The lowest BCUT2D eigenvalue weighted by molar-refractivity contribution is -0.125. The number of carbonyl (C=O) groups is 2. The van der Waals surface area contributed by atoms with Gasteiger partial charge in [-0.3, -0.25) is 9.59 Å². The lowest BCUT2D eigenvalue weighted by Gasteiger charge is -2.32. The molecular weight excluding hydrogens is 359 g/mol. The zero-order valence-electron chi connectivity index (χ0n) is 14.0. The molecule has 0 saturated carbocycles. The standard InChI is InChI=1S/C19H16ClFN2O3/c1-3-9-23-15-8-7-12(10-16(15)26-11(2)19(23)25)22-18(24)17-13(20)5-4-6-14(17)21/h3-8,10-11H,1,9H2,2H3,(H,22,24). The predicted octanol–water partition coefficient (Wildman–Crippen LogP) is 4.03. The molecule has 2 amide bonds. The Kier molecular flexibility index (Phi) is 4.95. The molecule has 1 unspecified atom stereocenters. The molecule has 0 aliphatic carbocycles. The SMILES string of the molecule is C=CCN1C(=O)C(C)Oc2cc(NC(=O)c3c(F)cccc3Cl)ccc21. The summed E-state index contributed by atoms with van der Waals surface area (Å²) in [6.45, 7) is 5.64. The zero-order chi connectivity index (χ0) is 18.8. The highest BCUT2D eigenvalue weighted by Gasteiger charge is 2.31. The van der Waals surface area contributed by atoms with Crippen molar-refractivity contribution in [1.82, 2.24) is 0 Å². The van der Waals surface area contributed by atoms with Crippen LogP contribution >= 0.6 is 11.6 Å². The second kappa shape index (κ2) is 7.17. The van der Waals surface area contributed by atoms with Gasteiger partial charge in [0, 0.05) is 18.3 Å². The Morgan fingerprint density at radius 1 is 1.42 bits per heavy atom. The van der Waals surface area contributed by atoms with Gasteiger partial charge in [-0.25, -0.2) is 4.39 Å². The first kappa shape index (κ1) is 17.9. The van der Waals surface area contributed by atoms with Gasteiger partial charge in [0.2, 0.25) is 0 Å². The molecule has 26 heavy (non-hydrogen) atoms. The van der Waals surface area contributed by atoms with Gasteiger partial charge in [-0.15, -0.1) is 6.58 Å². The Bertz CT molecular complexity index is 880. The van der Waals surface area contributed by atoms with E-state index in [1.807, 2.05) is 0 Å². The Morgan fingerprint density at radius 3 is 2.88 bits per heavy atom. The highest BCUT2D eigenvalue weighted by Crippen LogP contribution is 2.36. The van der Waals surface area contributed by atoms with Crippen molar-refractivity contribution in [3.63, 3.8) is 0 Å². The van der Waals surface area contributed by atoms with Crippen LogP contribution in [-0.4, -0.2) is 24.5 Å². The molecule has 5 nitrogen and oxygen atoms in total. The highest BCUT2D eigenvalue weighted by atomic mass is 35.5. The van der Waals surface area contributed by atoms with E-state index in [9.17, 15) is 14.0 Å². The number of halogens is 2. The zero-order valence-corrected chi connectivity index (χ0v) is 14.7. The summed E-state index contributed by atoms with van der Waals surface area (Å²) in [5, 5.41) is 2.62. The molecule has 0 bridgehead atoms. The van der Waals surface area contributed by atoms with E-state index in [-0.39, 0.29) is 16.5 Å². The van der Waals surface area contributed by atoms with Crippen molar-refractivity contribution in [3.8, 4) is 5.75 Å². The number of benzene rings is 2. The number of anilines is 2. The van der Waals surface area contributed by atoms with Gasteiger partial charge in [0.15, 0.2) is 6.10 Å². The van der Waals surface area contributed by atoms with Crippen LogP contribution in [0.1, 0.15) is 17.3 Å². The molecule has 0 spiro atoms. The van der Waals surface area contributed by atoms with Gasteiger partial charge in [0.25, 0.3) is 11.8 Å². The van der Waals surface area contributed by atoms with E-state index >= 15 is 0 Å². The molecule has 7 heteroatoms.